The molecule has 6 nitrogen and oxygen atoms in total. The van der Waals surface area contributed by atoms with Crippen molar-refractivity contribution in [3.8, 4) is 0 Å². The van der Waals surface area contributed by atoms with E-state index in [1.54, 1.807) is 0 Å². The molecule has 21 heavy (non-hydrogen) atoms. The summed E-state index contributed by atoms with van der Waals surface area (Å²) in [4.78, 5) is 2.46. The van der Waals surface area contributed by atoms with Gasteiger partial charge in [-0.05, 0) is 35.2 Å². The van der Waals surface area contributed by atoms with Crippen molar-refractivity contribution in [1.29, 1.82) is 0 Å². The van der Waals surface area contributed by atoms with E-state index in [1.165, 1.54) is 18.7 Å². The quantitative estimate of drug-likeness (QED) is 0.849. The van der Waals surface area contributed by atoms with Gasteiger partial charge < -0.3 is 4.57 Å². The van der Waals surface area contributed by atoms with Gasteiger partial charge in [0, 0.05) is 32.3 Å². The number of halogens is 1. The molecule has 0 saturated carbocycles. The molecule has 7 heteroatoms. The van der Waals surface area contributed by atoms with Crippen molar-refractivity contribution in [3.05, 3.63) is 28.5 Å². The summed E-state index contributed by atoms with van der Waals surface area (Å²) in [5.74, 6) is 2.30. The lowest BCUT2D eigenvalue weighted by atomic mass is 10.2. The van der Waals surface area contributed by atoms with Crippen LogP contribution in [0.5, 0.6) is 0 Å². The van der Waals surface area contributed by atoms with Crippen LogP contribution in [0.3, 0.4) is 0 Å². The van der Waals surface area contributed by atoms with Crippen molar-refractivity contribution in [1.82, 2.24) is 29.4 Å². The molecule has 1 saturated heterocycles. The smallest absolute Gasteiger partial charge is 0.147 e. The van der Waals surface area contributed by atoms with Crippen molar-refractivity contribution in [2.75, 3.05) is 13.1 Å². The fourth-order valence-electron chi connectivity index (χ4n) is 3.37. The van der Waals surface area contributed by atoms with Crippen LogP contribution >= 0.6 is 15.9 Å². The number of likely N-dealkylation sites (tertiary alicyclic amines) is 1. The summed E-state index contributed by atoms with van der Waals surface area (Å²) in [5.41, 5.74) is 0. The molecule has 0 amide bonds. The van der Waals surface area contributed by atoms with Gasteiger partial charge in [0.25, 0.3) is 0 Å². The van der Waals surface area contributed by atoms with Crippen LogP contribution < -0.4 is 0 Å². The monoisotopic (exact) mass is 350 g/mol. The van der Waals surface area contributed by atoms with Gasteiger partial charge in [0.1, 0.15) is 11.6 Å². The number of aryl methyl sites for hydroxylation is 1. The minimum atomic E-state index is 0.472. The van der Waals surface area contributed by atoms with Gasteiger partial charge in [-0.25, -0.2) is 0 Å². The Kier molecular flexibility index (Phi) is 3.54. The third kappa shape index (κ3) is 2.64. The molecule has 4 rings (SSSR count). The fourth-order valence-corrected chi connectivity index (χ4v) is 3.67. The van der Waals surface area contributed by atoms with Gasteiger partial charge in [-0.15, -0.1) is 10.2 Å². The average Bonchev–Trinajstić information content (AvgIpc) is 3.20. The van der Waals surface area contributed by atoms with E-state index in [0.29, 0.717) is 6.04 Å². The average molecular weight is 351 g/mol. The zero-order valence-electron chi connectivity index (χ0n) is 12.0. The minimum absolute atomic E-state index is 0.472. The summed E-state index contributed by atoms with van der Waals surface area (Å²) in [6, 6.07) is 0.472. The Bertz CT molecular complexity index is 633. The third-order valence-corrected chi connectivity index (χ3v) is 4.90. The van der Waals surface area contributed by atoms with E-state index in [4.69, 9.17) is 0 Å². The number of nitrogens with zero attached hydrogens (tertiary/aromatic N) is 6. The van der Waals surface area contributed by atoms with E-state index >= 15 is 0 Å². The molecular weight excluding hydrogens is 332 g/mol. The summed E-state index contributed by atoms with van der Waals surface area (Å²) in [7, 11) is 0. The van der Waals surface area contributed by atoms with Crippen molar-refractivity contribution in [3.63, 3.8) is 0 Å². The van der Waals surface area contributed by atoms with Crippen LogP contribution in [0.15, 0.2) is 16.9 Å². The predicted octanol–water partition coefficient (Wildman–Crippen LogP) is 2.02. The first kappa shape index (κ1) is 13.5. The molecule has 0 N–H and O–H groups in total. The zero-order valence-corrected chi connectivity index (χ0v) is 13.5. The highest BCUT2D eigenvalue weighted by molar-refractivity contribution is 9.10. The molecule has 0 radical (unpaired) electrons. The highest BCUT2D eigenvalue weighted by Crippen LogP contribution is 2.24. The molecule has 2 aliphatic heterocycles. The topological polar surface area (TPSA) is 51.8 Å². The first-order chi connectivity index (χ1) is 10.3. The Morgan fingerprint density at radius 1 is 1.24 bits per heavy atom. The van der Waals surface area contributed by atoms with Gasteiger partial charge in [0.2, 0.25) is 0 Å². The number of rotatable bonds is 3. The van der Waals surface area contributed by atoms with E-state index in [-0.39, 0.29) is 0 Å². The second-order valence-electron chi connectivity index (χ2n) is 5.96. The maximum atomic E-state index is 4.41. The maximum Gasteiger partial charge on any atom is 0.147 e. The van der Waals surface area contributed by atoms with Gasteiger partial charge >= 0.3 is 0 Å². The Morgan fingerprint density at radius 3 is 3.05 bits per heavy atom. The van der Waals surface area contributed by atoms with Crippen LogP contribution in [0, 0.1) is 0 Å². The lowest BCUT2D eigenvalue weighted by Crippen LogP contribution is -2.24. The summed E-state index contributed by atoms with van der Waals surface area (Å²) in [6.45, 7) is 4.13. The maximum absolute atomic E-state index is 4.41. The Balaban J connectivity index is 1.43. The van der Waals surface area contributed by atoms with E-state index < -0.39 is 0 Å². The van der Waals surface area contributed by atoms with E-state index in [0.717, 1.165) is 49.3 Å². The molecule has 2 aromatic rings. The molecule has 0 spiro atoms. The molecule has 0 aromatic carbocycles. The van der Waals surface area contributed by atoms with Crippen LogP contribution in [-0.4, -0.2) is 42.5 Å². The van der Waals surface area contributed by atoms with E-state index in [1.807, 2.05) is 6.20 Å². The van der Waals surface area contributed by atoms with Gasteiger partial charge in [-0.2, -0.15) is 5.10 Å². The van der Waals surface area contributed by atoms with Gasteiger partial charge in [0.05, 0.1) is 23.3 Å². The van der Waals surface area contributed by atoms with Crippen LogP contribution in [-0.2, 0) is 19.5 Å². The van der Waals surface area contributed by atoms with Gasteiger partial charge in [-0.3, -0.25) is 9.58 Å². The lowest BCUT2D eigenvalue weighted by molar-refractivity contribution is 0.296. The second-order valence-corrected chi connectivity index (χ2v) is 6.87. The molecule has 0 aliphatic carbocycles. The van der Waals surface area contributed by atoms with Crippen molar-refractivity contribution in [2.24, 2.45) is 0 Å². The first-order valence-corrected chi connectivity index (χ1v) is 8.42. The highest BCUT2D eigenvalue weighted by atomic mass is 79.9. The molecule has 4 heterocycles. The number of hydrogen-bond donors (Lipinski definition) is 0. The number of aromatic nitrogens is 5. The third-order valence-electron chi connectivity index (χ3n) is 4.49. The van der Waals surface area contributed by atoms with Crippen molar-refractivity contribution in [2.45, 2.75) is 44.8 Å². The summed E-state index contributed by atoms with van der Waals surface area (Å²) < 4.78 is 5.44. The molecule has 0 bridgehead atoms. The van der Waals surface area contributed by atoms with Crippen molar-refractivity contribution >= 4 is 15.9 Å². The van der Waals surface area contributed by atoms with Crippen LogP contribution in [0.4, 0.5) is 0 Å². The molecule has 1 fully saturated rings. The van der Waals surface area contributed by atoms with Crippen LogP contribution in [0.1, 0.15) is 37.0 Å². The molecule has 112 valence electrons. The van der Waals surface area contributed by atoms with Crippen LogP contribution in [0.25, 0.3) is 0 Å². The minimum Gasteiger partial charge on any atom is -0.314 e. The normalized spacial score (nSPS) is 22.6. The largest absolute Gasteiger partial charge is 0.314 e. The zero-order chi connectivity index (χ0) is 14.2. The fraction of sp³-hybridized carbons (Fsp3) is 0.643. The Labute approximate surface area is 132 Å². The Morgan fingerprint density at radius 2 is 2.19 bits per heavy atom. The van der Waals surface area contributed by atoms with Crippen molar-refractivity contribution < 1.29 is 0 Å². The van der Waals surface area contributed by atoms with E-state index in [2.05, 4.69) is 51.6 Å². The lowest BCUT2D eigenvalue weighted by Gasteiger charge is -2.19. The van der Waals surface area contributed by atoms with Gasteiger partial charge in [-0.1, -0.05) is 0 Å². The van der Waals surface area contributed by atoms with E-state index in [9.17, 15) is 0 Å². The molecular formula is C14H19BrN6. The van der Waals surface area contributed by atoms with Crippen LogP contribution in [0.2, 0.25) is 0 Å². The second kappa shape index (κ2) is 5.53. The molecule has 2 aliphatic rings. The standard InChI is InChI=1S/C14H19BrN6/c15-11-7-16-21(8-11)12-4-6-19(9-12)10-14-18-17-13-3-1-2-5-20(13)14/h7-8,12H,1-6,9-10H2. The SMILES string of the molecule is Brc1cnn(C2CCN(Cc3nnc4n3CCCC4)C2)c1. The molecule has 2 aromatic heterocycles. The summed E-state index contributed by atoms with van der Waals surface area (Å²) in [6.07, 6.45) is 8.65. The summed E-state index contributed by atoms with van der Waals surface area (Å²) >= 11 is 3.47. The Hall–Kier alpha value is -1.21. The summed E-state index contributed by atoms with van der Waals surface area (Å²) in [5, 5.41) is 13.2. The number of fused-ring (bicyclic) bond motifs is 1. The molecule has 1 atom stereocenters. The number of hydrogen-bond acceptors (Lipinski definition) is 4. The first-order valence-electron chi connectivity index (χ1n) is 7.62. The predicted molar refractivity (Wildman–Crippen MR) is 81.8 cm³/mol. The highest BCUT2D eigenvalue weighted by Gasteiger charge is 2.26. The molecule has 1 unspecified atom stereocenters. The van der Waals surface area contributed by atoms with Gasteiger partial charge in [0.15, 0.2) is 0 Å².